The van der Waals surface area contributed by atoms with Gasteiger partial charge in [0.05, 0.1) is 16.6 Å². The predicted octanol–water partition coefficient (Wildman–Crippen LogP) is 1.47. The zero-order valence-corrected chi connectivity index (χ0v) is 16.1. The molecule has 1 N–H and O–H groups in total. The Balaban J connectivity index is 1.67. The van der Waals surface area contributed by atoms with Gasteiger partial charge in [0.25, 0.3) is 11.5 Å². The molecule has 3 aromatic heterocycles. The first-order valence-corrected chi connectivity index (χ1v) is 9.52. The van der Waals surface area contributed by atoms with Gasteiger partial charge in [-0.2, -0.15) is 0 Å². The first kappa shape index (κ1) is 17.6. The highest BCUT2D eigenvalue weighted by Gasteiger charge is 2.21. The quantitative estimate of drug-likeness (QED) is 0.720. The van der Waals surface area contributed by atoms with E-state index in [9.17, 15) is 14.4 Å². The van der Waals surface area contributed by atoms with Crippen molar-refractivity contribution in [3.05, 3.63) is 49.2 Å². The fraction of sp³-hybridized carbons (Fsp3) is 0.389. The molecular weight excluding hydrogens is 366 g/mol. The summed E-state index contributed by atoms with van der Waals surface area (Å²) >= 11 is 1.50. The Morgan fingerprint density at radius 2 is 2.07 bits per heavy atom. The van der Waals surface area contributed by atoms with Crippen LogP contribution in [-0.4, -0.2) is 25.0 Å². The van der Waals surface area contributed by atoms with E-state index in [1.165, 1.54) is 47.1 Å². The van der Waals surface area contributed by atoms with Crippen LogP contribution in [0.5, 0.6) is 0 Å². The molecule has 0 unspecified atom stereocenters. The van der Waals surface area contributed by atoms with Gasteiger partial charge < -0.3 is 0 Å². The van der Waals surface area contributed by atoms with Crippen LogP contribution in [0.4, 0.5) is 5.13 Å². The number of hydrogen-bond acceptors (Lipinski definition) is 6. The molecule has 0 fully saturated rings. The van der Waals surface area contributed by atoms with E-state index in [4.69, 9.17) is 0 Å². The number of hydrogen-bond donors (Lipinski definition) is 1. The number of amides is 1. The molecule has 1 aliphatic carbocycles. The number of anilines is 1. The van der Waals surface area contributed by atoms with Crippen molar-refractivity contribution in [2.24, 2.45) is 20.0 Å². The predicted molar refractivity (Wildman–Crippen MR) is 103 cm³/mol. The van der Waals surface area contributed by atoms with Crippen LogP contribution >= 0.6 is 11.3 Å². The zero-order chi connectivity index (χ0) is 19.3. The van der Waals surface area contributed by atoms with Crippen molar-refractivity contribution in [1.82, 2.24) is 19.1 Å². The van der Waals surface area contributed by atoms with E-state index in [1.54, 1.807) is 0 Å². The van der Waals surface area contributed by atoms with E-state index in [1.807, 2.05) is 0 Å². The summed E-state index contributed by atoms with van der Waals surface area (Å²) in [5, 5.41) is 3.59. The van der Waals surface area contributed by atoms with Crippen LogP contribution < -0.4 is 16.6 Å². The molecule has 1 atom stereocenters. The Labute approximate surface area is 158 Å². The second-order valence-corrected chi connectivity index (χ2v) is 8.08. The normalized spacial score (nSPS) is 16.3. The summed E-state index contributed by atoms with van der Waals surface area (Å²) in [7, 11) is 2.94. The number of thiazole rings is 1. The van der Waals surface area contributed by atoms with Crippen LogP contribution in [0, 0.1) is 5.92 Å². The smallest absolute Gasteiger partial charge is 0.298 e. The standard InChI is InChI=1S/C18H19N5O3S/c1-9-4-5-12-13(6-9)27-17(20-12)21-15(24)10-7-11-14(19-8-10)22(2)18(26)23(3)16(11)25/h7-9H,4-6H2,1-3H3,(H,20,21,24)/t9-/m1/s1. The second kappa shape index (κ2) is 6.41. The van der Waals surface area contributed by atoms with E-state index < -0.39 is 11.2 Å². The summed E-state index contributed by atoms with van der Waals surface area (Å²) in [6, 6.07) is 1.47. The van der Waals surface area contributed by atoms with Gasteiger partial charge in [-0.15, -0.1) is 11.3 Å². The van der Waals surface area contributed by atoms with E-state index in [-0.39, 0.29) is 22.5 Å². The third-order valence-electron chi connectivity index (χ3n) is 4.96. The highest BCUT2D eigenvalue weighted by Crippen LogP contribution is 2.32. The molecule has 1 aliphatic rings. The van der Waals surface area contributed by atoms with Gasteiger partial charge >= 0.3 is 5.69 Å². The van der Waals surface area contributed by atoms with E-state index in [2.05, 4.69) is 22.2 Å². The Morgan fingerprint density at radius 1 is 1.30 bits per heavy atom. The largest absolute Gasteiger partial charge is 0.332 e. The van der Waals surface area contributed by atoms with E-state index in [0.717, 1.165) is 29.5 Å². The minimum Gasteiger partial charge on any atom is -0.298 e. The van der Waals surface area contributed by atoms with Crippen molar-refractivity contribution in [3.8, 4) is 0 Å². The van der Waals surface area contributed by atoms with Crippen LogP contribution in [0.1, 0.15) is 34.3 Å². The van der Waals surface area contributed by atoms with Gasteiger partial charge in [-0.3, -0.25) is 24.0 Å². The van der Waals surface area contributed by atoms with Gasteiger partial charge in [0.1, 0.15) is 5.65 Å². The molecule has 8 nitrogen and oxygen atoms in total. The van der Waals surface area contributed by atoms with Gasteiger partial charge in [-0.05, 0) is 31.2 Å². The zero-order valence-electron chi connectivity index (χ0n) is 15.3. The number of carbonyl (C=O) groups is 1. The summed E-state index contributed by atoms with van der Waals surface area (Å²) in [5.41, 5.74) is 0.626. The monoisotopic (exact) mass is 385 g/mol. The van der Waals surface area contributed by atoms with Gasteiger partial charge in [-0.1, -0.05) is 6.92 Å². The first-order chi connectivity index (χ1) is 12.8. The maximum Gasteiger partial charge on any atom is 0.332 e. The summed E-state index contributed by atoms with van der Waals surface area (Å²) in [5.74, 6) is 0.258. The Kier molecular flexibility index (Phi) is 4.18. The molecule has 9 heteroatoms. The third kappa shape index (κ3) is 2.97. The molecule has 3 heterocycles. The topological polar surface area (TPSA) is 98.9 Å². The molecule has 4 rings (SSSR count). The van der Waals surface area contributed by atoms with Crippen molar-refractivity contribution in [2.75, 3.05) is 5.32 Å². The maximum absolute atomic E-state index is 12.6. The molecule has 3 aromatic rings. The number of nitrogens with one attached hydrogen (secondary N) is 1. The van der Waals surface area contributed by atoms with Crippen molar-refractivity contribution in [2.45, 2.75) is 26.2 Å². The van der Waals surface area contributed by atoms with Crippen LogP contribution in [0.25, 0.3) is 11.0 Å². The van der Waals surface area contributed by atoms with Crippen LogP contribution in [0.15, 0.2) is 21.9 Å². The lowest BCUT2D eigenvalue weighted by atomic mass is 9.93. The molecule has 140 valence electrons. The van der Waals surface area contributed by atoms with Gasteiger partial charge in [0.2, 0.25) is 0 Å². The molecular formula is C18H19N5O3S. The summed E-state index contributed by atoms with van der Waals surface area (Å²) < 4.78 is 2.29. The molecule has 1 amide bonds. The molecule has 27 heavy (non-hydrogen) atoms. The number of aryl methyl sites for hydroxylation is 2. The minimum absolute atomic E-state index is 0.222. The van der Waals surface area contributed by atoms with Gasteiger partial charge in [0, 0.05) is 25.2 Å². The van der Waals surface area contributed by atoms with Crippen LogP contribution in [-0.2, 0) is 26.9 Å². The Hall–Kier alpha value is -2.81. The fourth-order valence-electron chi connectivity index (χ4n) is 3.35. The summed E-state index contributed by atoms with van der Waals surface area (Å²) in [6.07, 6.45) is 4.40. The lowest BCUT2D eigenvalue weighted by Gasteiger charge is -2.15. The third-order valence-corrected chi connectivity index (χ3v) is 6.00. The minimum atomic E-state index is -0.478. The van der Waals surface area contributed by atoms with Crippen LogP contribution in [0.3, 0.4) is 0 Å². The highest BCUT2D eigenvalue weighted by molar-refractivity contribution is 7.15. The number of nitrogens with zero attached hydrogens (tertiary/aromatic N) is 4. The van der Waals surface area contributed by atoms with Gasteiger partial charge in [0.15, 0.2) is 5.13 Å². The van der Waals surface area contributed by atoms with Crippen molar-refractivity contribution >= 4 is 33.4 Å². The first-order valence-electron chi connectivity index (χ1n) is 8.71. The lowest BCUT2D eigenvalue weighted by molar-refractivity contribution is 0.102. The molecule has 0 bridgehead atoms. The number of carbonyl (C=O) groups excluding carboxylic acids is 1. The fourth-order valence-corrected chi connectivity index (χ4v) is 4.52. The Morgan fingerprint density at radius 3 is 2.85 bits per heavy atom. The van der Waals surface area contributed by atoms with Gasteiger partial charge in [-0.25, -0.2) is 14.8 Å². The molecule has 0 aliphatic heterocycles. The summed E-state index contributed by atoms with van der Waals surface area (Å²) in [4.78, 5) is 46.9. The SMILES string of the molecule is C[C@@H]1CCc2nc(NC(=O)c3cnc4c(c3)c(=O)n(C)c(=O)n4C)sc2C1. The number of pyridine rings is 1. The molecule has 0 aromatic carbocycles. The average molecular weight is 385 g/mol. The molecule has 0 radical (unpaired) electrons. The average Bonchev–Trinajstić information content (AvgIpc) is 3.05. The van der Waals surface area contributed by atoms with Crippen molar-refractivity contribution < 1.29 is 4.79 Å². The Bertz CT molecular complexity index is 1190. The second-order valence-electron chi connectivity index (χ2n) is 6.99. The van der Waals surface area contributed by atoms with Crippen molar-refractivity contribution in [1.29, 1.82) is 0 Å². The summed E-state index contributed by atoms with van der Waals surface area (Å²) in [6.45, 7) is 2.22. The molecule has 0 saturated heterocycles. The van der Waals surface area contributed by atoms with E-state index >= 15 is 0 Å². The molecule has 0 spiro atoms. The van der Waals surface area contributed by atoms with E-state index in [0.29, 0.717) is 11.0 Å². The lowest BCUT2D eigenvalue weighted by Crippen LogP contribution is -2.37. The maximum atomic E-state index is 12.6. The molecule has 0 saturated carbocycles. The highest BCUT2D eigenvalue weighted by atomic mass is 32.1. The number of aromatic nitrogens is 4. The van der Waals surface area contributed by atoms with Crippen molar-refractivity contribution in [3.63, 3.8) is 0 Å². The number of rotatable bonds is 2. The number of fused-ring (bicyclic) bond motifs is 2. The van der Waals surface area contributed by atoms with Crippen LogP contribution in [0.2, 0.25) is 0 Å².